The van der Waals surface area contributed by atoms with E-state index >= 15 is 0 Å². The van der Waals surface area contributed by atoms with Gasteiger partial charge in [0.25, 0.3) is 0 Å². The molecule has 1 aliphatic rings. The maximum atomic E-state index is 5.04. The van der Waals surface area contributed by atoms with E-state index in [4.69, 9.17) is 4.74 Å². The molecule has 0 bridgehead atoms. The summed E-state index contributed by atoms with van der Waals surface area (Å²) in [5, 5.41) is 0. The van der Waals surface area contributed by atoms with Crippen molar-refractivity contribution >= 4 is 41.8 Å². The lowest BCUT2D eigenvalue weighted by molar-refractivity contribution is 0.117. The van der Waals surface area contributed by atoms with Crippen molar-refractivity contribution in [3.05, 3.63) is 6.42 Å². The third-order valence-corrected chi connectivity index (χ3v) is 0.933. The van der Waals surface area contributed by atoms with Gasteiger partial charge < -0.3 is 4.74 Å². The monoisotopic (exact) mass is 267 g/mol. The van der Waals surface area contributed by atoms with Gasteiger partial charge in [-0.15, -0.1) is 0 Å². The van der Waals surface area contributed by atoms with E-state index in [9.17, 15) is 0 Å². The lowest BCUT2D eigenvalue weighted by Crippen LogP contribution is -2.03. The molecule has 0 saturated carbocycles. The van der Waals surface area contributed by atoms with Crippen molar-refractivity contribution in [2.75, 3.05) is 13.2 Å². The number of rotatable bonds is 0. The van der Waals surface area contributed by atoms with Crippen molar-refractivity contribution in [3.8, 4) is 0 Å². The second kappa shape index (κ2) is 9.69. The first-order valence-electron chi connectivity index (χ1n) is 2.93. The highest BCUT2D eigenvalue weighted by Gasteiger charge is 1.95. The smallest absolute Gasteiger partial charge is 0.381 e. The molecule has 1 nitrogen and oxygen atoms in total. The Balaban J connectivity index is 0.000000187. The van der Waals surface area contributed by atoms with Gasteiger partial charge in [0.1, 0.15) is 0 Å². The van der Waals surface area contributed by atoms with Crippen LogP contribution in [0.2, 0.25) is 0 Å². The van der Waals surface area contributed by atoms with Crippen molar-refractivity contribution < 1.29 is 4.74 Å². The first-order chi connectivity index (χ1) is 4.41. The second-order valence-corrected chi connectivity index (χ2v) is 9.66. The minimum Gasteiger partial charge on any atom is -0.381 e. The standard InChI is InChI=1S/C5H9O.2BrH.Mg/c1-2-4-6-5-3-1;;;/h1H,2-5H2;2*1H;/q;;;+2/p-2. The summed E-state index contributed by atoms with van der Waals surface area (Å²) in [6, 6.07) is 0. The minimum absolute atomic E-state index is 0.0417. The molecule has 0 aromatic rings. The van der Waals surface area contributed by atoms with Gasteiger partial charge in [0.2, 0.25) is 0 Å². The molecule has 1 rings (SSSR count). The van der Waals surface area contributed by atoms with Gasteiger partial charge in [0.05, 0.1) is 0 Å². The van der Waals surface area contributed by atoms with Crippen molar-refractivity contribution in [3.63, 3.8) is 0 Å². The highest BCUT2D eigenvalue weighted by molar-refractivity contribution is 9.47. The highest BCUT2D eigenvalue weighted by Crippen LogP contribution is 2.00. The predicted molar refractivity (Wildman–Crippen MR) is 48.0 cm³/mol. The van der Waals surface area contributed by atoms with Crippen molar-refractivity contribution in [1.29, 1.82) is 0 Å². The van der Waals surface area contributed by atoms with Crippen LogP contribution in [0.1, 0.15) is 12.8 Å². The number of hydrogen-bond donors (Lipinski definition) is 0. The molecule has 0 atom stereocenters. The zero-order valence-electron chi connectivity index (χ0n) is 5.28. The first-order valence-corrected chi connectivity index (χ1v) is 10.7. The summed E-state index contributed by atoms with van der Waals surface area (Å²) >= 11 is 6.44. The molecule has 0 N–H and O–H groups in total. The van der Waals surface area contributed by atoms with Gasteiger partial charge in [0.15, 0.2) is 0 Å². The maximum absolute atomic E-state index is 5.04. The van der Waals surface area contributed by atoms with Gasteiger partial charge in [-0.25, -0.2) is 0 Å². The van der Waals surface area contributed by atoms with Gasteiger partial charge in [-0.2, -0.15) is 0 Å². The van der Waals surface area contributed by atoms with Gasteiger partial charge in [0, 0.05) is 13.2 Å². The molecule has 0 aromatic heterocycles. The van der Waals surface area contributed by atoms with Gasteiger partial charge in [-0.05, 0) is 19.3 Å². The van der Waals surface area contributed by atoms with Crippen LogP contribution in [-0.2, 0) is 4.74 Å². The second-order valence-electron chi connectivity index (χ2n) is 1.58. The molecule has 0 aliphatic carbocycles. The SMILES string of the molecule is [Br][Mg][Br].[CH]1CCOCC1. The van der Waals surface area contributed by atoms with Gasteiger partial charge in [-0.3, -0.25) is 25.8 Å². The summed E-state index contributed by atoms with van der Waals surface area (Å²) in [6.07, 6.45) is 4.57. The largest absolute Gasteiger partial charge is 0.560 e. The van der Waals surface area contributed by atoms with Crippen LogP contribution in [0.15, 0.2) is 0 Å². The lowest BCUT2D eigenvalue weighted by atomic mass is 10.2. The number of ether oxygens (including phenoxy) is 1. The van der Waals surface area contributed by atoms with Crippen LogP contribution in [0, 0.1) is 6.42 Å². The average Bonchev–Trinajstić information content (AvgIpc) is 1.93. The van der Waals surface area contributed by atoms with Gasteiger partial charge >= 0.3 is 16.0 Å². The molecule has 0 spiro atoms. The van der Waals surface area contributed by atoms with Crippen molar-refractivity contribution in [2.45, 2.75) is 12.8 Å². The molecule has 0 aromatic carbocycles. The molecule has 1 fully saturated rings. The van der Waals surface area contributed by atoms with Crippen LogP contribution in [-0.4, -0.2) is 29.2 Å². The summed E-state index contributed by atoms with van der Waals surface area (Å²) in [5.74, 6) is 0. The van der Waals surface area contributed by atoms with E-state index in [1.165, 1.54) is 0 Å². The summed E-state index contributed by atoms with van der Waals surface area (Å²) in [7, 11) is 0. The lowest BCUT2D eigenvalue weighted by Gasteiger charge is -2.07. The van der Waals surface area contributed by atoms with E-state index in [1.54, 1.807) is 0 Å². The summed E-state index contributed by atoms with van der Waals surface area (Å²) in [4.78, 5) is 0. The van der Waals surface area contributed by atoms with E-state index in [0.717, 1.165) is 26.1 Å². The van der Waals surface area contributed by atoms with Crippen molar-refractivity contribution in [1.82, 2.24) is 0 Å². The van der Waals surface area contributed by atoms with E-state index in [1.807, 2.05) is 0 Å². The molecule has 4 heteroatoms. The zero-order valence-corrected chi connectivity index (χ0v) is 9.86. The van der Waals surface area contributed by atoms with Crippen LogP contribution in [0.25, 0.3) is 0 Å². The summed E-state index contributed by atoms with van der Waals surface area (Å²) in [6.45, 7) is 1.89. The van der Waals surface area contributed by atoms with Crippen LogP contribution in [0.5, 0.6) is 0 Å². The molecule has 51 valence electrons. The van der Waals surface area contributed by atoms with E-state index in [-0.39, 0.29) is 16.0 Å². The van der Waals surface area contributed by atoms with Crippen LogP contribution in [0.4, 0.5) is 0 Å². The normalized spacial score (nSPS) is 17.1. The zero-order chi connectivity index (χ0) is 6.95. The Morgan fingerprint density at radius 3 is 1.78 bits per heavy atom. The van der Waals surface area contributed by atoms with Gasteiger partial charge in [-0.1, -0.05) is 0 Å². The molecular formula is C5H9Br2MgO. The summed E-state index contributed by atoms with van der Waals surface area (Å²) in [5.41, 5.74) is 0. The first kappa shape index (κ1) is 10.7. The highest BCUT2D eigenvalue weighted by atomic mass is 79.9. The molecule has 9 heavy (non-hydrogen) atoms. The Morgan fingerprint density at radius 2 is 1.67 bits per heavy atom. The number of hydrogen-bond acceptors (Lipinski definition) is 1. The topological polar surface area (TPSA) is 9.23 Å². The predicted octanol–water partition coefficient (Wildman–Crippen LogP) is 2.31. The van der Waals surface area contributed by atoms with E-state index in [0.29, 0.717) is 0 Å². The molecule has 1 radical (unpaired) electrons. The molecule has 0 unspecified atom stereocenters. The van der Waals surface area contributed by atoms with Crippen molar-refractivity contribution in [2.24, 2.45) is 0 Å². The Bertz CT molecular complexity index is 38.7. The third kappa shape index (κ3) is 9.69. The average molecular weight is 269 g/mol. The van der Waals surface area contributed by atoms with Crippen LogP contribution in [0.3, 0.4) is 0 Å². The molecule has 1 saturated heterocycles. The molecule has 0 amide bonds. The fourth-order valence-corrected chi connectivity index (χ4v) is 0.580. The third-order valence-electron chi connectivity index (χ3n) is 0.933. The Morgan fingerprint density at radius 1 is 1.22 bits per heavy atom. The Labute approximate surface area is 78.4 Å². The molecule has 1 aliphatic heterocycles. The number of halogens is 2. The fraction of sp³-hybridized carbons (Fsp3) is 0.800. The Kier molecular flexibility index (Phi) is 11.5. The van der Waals surface area contributed by atoms with E-state index < -0.39 is 0 Å². The fourth-order valence-electron chi connectivity index (χ4n) is 0.580. The molecular weight excluding hydrogens is 260 g/mol. The molecule has 1 heterocycles. The van der Waals surface area contributed by atoms with Crippen LogP contribution < -0.4 is 0 Å². The minimum atomic E-state index is 0.0417. The maximum Gasteiger partial charge on any atom is 0.560 e. The quantitative estimate of drug-likeness (QED) is 0.613. The summed E-state index contributed by atoms with van der Waals surface area (Å²) < 4.78 is 5.04. The Hall–Kier alpha value is 1.69. The van der Waals surface area contributed by atoms with Crippen LogP contribution >= 0.6 is 25.8 Å². The van der Waals surface area contributed by atoms with E-state index in [2.05, 4.69) is 32.2 Å².